The minimum Gasteiger partial charge on any atom is -0.474 e. The number of nitrogens with zero attached hydrogens (tertiary/aromatic N) is 6. The zero-order chi connectivity index (χ0) is 20.1. The number of aliphatic imine (C=N–C) groups is 1. The predicted octanol–water partition coefficient (Wildman–Crippen LogP) is 1.53. The van der Waals surface area contributed by atoms with Crippen LogP contribution in [0, 0.1) is 12.7 Å². The van der Waals surface area contributed by atoms with Gasteiger partial charge in [-0.1, -0.05) is 12.1 Å². The summed E-state index contributed by atoms with van der Waals surface area (Å²) in [4.78, 5) is 20.0. The number of nitrogens with two attached hydrogens (primary N) is 1. The molecule has 2 aromatic heterocycles. The fraction of sp³-hybridized carbons (Fsp3) is 0.167. The van der Waals surface area contributed by atoms with Gasteiger partial charge in [-0.25, -0.2) is 19.2 Å². The predicted molar refractivity (Wildman–Crippen MR) is 101 cm³/mol. The second-order valence-electron chi connectivity index (χ2n) is 5.84. The highest BCUT2D eigenvalue weighted by Crippen LogP contribution is 2.18. The molecule has 0 unspecified atom stereocenters. The van der Waals surface area contributed by atoms with Gasteiger partial charge in [0.2, 0.25) is 0 Å². The van der Waals surface area contributed by atoms with Crippen molar-refractivity contribution in [2.75, 3.05) is 0 Å². The first-order valence-electron chi connectivity index (χ1n) is 8.28. The fourth-order valence-electron chi connectivity index (χ4n) is 2.37. The molecule has 0 aliphatic carbocycles. The Balaban J connectivity index is 1.74. The molecule has 3 aromatic rings. The largest absolute Gasteiger partial charge is 0.474 e. The zero-order valence-corrected chi connectivity index (χ0v) is 15.3. The van der Waals surface area contributed by atoms with Crippen LogP contribution in [-0.4, -0.2) is 31.0 Å². The van der Waals surface area contributed by atoms with Gasteiger partial charge < -0.3 is 10.5 Å². The van der Waals surface area contributed by atoms with Crippen LogP contribution in [0.25, 0.3) is 5.69 Å². The molecular formula is C18H18FN7O2. The summed E-state index contributed by atoms with van der Waals surface area (Å²) in [6, 6.07) is 8.16. The van der Waals surface area contributed by atoms with Gasteiger partial charge in [-0.15, -0.1) is 0 Å². The van der Waals surface area contributed by atoms with Gasteiger partial charge in [0.1, 0.15) is 12.4 Å². The molecule has 144 valence electrons. The number of aromatic nitrogens is 5. The van der Waals surface area contributed by atoms with Crippen LogP contribution in [0.15, 0.2) is 58.3 Å². The Hall–Kier alpha value is -3.82. The number of rotatable bonds is 6. The number of hydrogen-bond acceptors (Lipinski definition) is 7. The molecule has 0 aliphatic rings. The number of halogens is 1. The normalized spacial score (nSPS) is 11.9. The molecule has 1 aromatic carbocycles. The Labute approximate surface area is 159 Å². The molecule has 9 nitrogen and oxygen atoms in total. The zero-order valence-electron chi connectivity index (χ0n) is 15.3. The highest BCUT2D eigenvalue weighted by molar-refractivity contribution is 5.74. The second kappa shape index (κ2) is 8.25. The molecular weight excluding hydrogens is 365 g/mol. The van der Waals surface area contributed by atoms with E-state index < -0.39 is 5.82 Å². The van der Waals surface area contributed by atoms with E-state index in [0.717, 1.165) is 22.0 Å². The topological polar surface area (TPSA) is 113 Å². The Kier molecular flexibility index (Phi) is 5.58. The number of pyridine rings is 1. The van der Waals surface area contributed by atoms with Crippen LogP contribution < -0.4 is 11.4 Å². The Bertz CT molecular complexity index is 1080. The Morgan fingerprint density at radius 1 is 1.32 bits per heavy atom. The number of tetrazole rings is 1. The lowest BCUT2D eigenvalue weighted by atomic mass is 10.1. The van der Waals surface area contributed by atoms with Crippen LogP contribution in [0.1, 0.15) is 11.1 Å². The quantitative estimate of drug-likeness (QED) is 0.510. The van der Waals surface area contributed by atoms with E-state index in [2.05, 4.69) is 20.4 Å². The average Bonchev–Trinajstić information content (AvgIpc) is 3.01. The van der Waals surface area contributed by atoms with E-state index in [9.17, 15) is 9.18 Å². The molecule has 0 bridgehead atoms. The maximum atomic E-state index is 12.8. The van der Waals surface area contributed by atoms with Crippen molar-refractivity contribution in [1.29, 1.82) is 0 Å². The lowest BCUT2D eigenvalue weighted by molar-refractivity contribution is 0.196. The summed E-state index contributed by atoms with van der Waals surface area (Å²) < 4.78 is 20.7. The van der Waals surface area contributed by atoms with E-state index in [0.29, 0.717) is 11.5 Å². The van der Waals surface area contributed by atoms with Crippen molar-refractivity contribution in [3.8, 4) is 5.69 Å². The van der Waals surface area contributed by atoms with E-state index in [1.54, 1.807) is 6.07 Å². The third kappa shape index (κ3) is 4.29. The lowest BCUT2D eigenvalue weighted by Gasteiger charge is -2.12. The SMILES string of the molecule is Cc1cccc(-n2nnn(C)c2=O)c1COC(N)=CC=Nc1ccc(F)cn1. The Morgan fingerprint density at radius 2 is 2.14 bits per heavy atom. The number of ether oxygens (including phenoxy) is 1. The van der Waals surface area contributed by atoms with E-state index in [1.807, 2.05) is 19.1 Å². The van der Waals surface area contributed by atoms with Crippen LogP contribution in [0.4, 0.5) is 10.2 Å². The summed E-state index contributed by atoms with van der Waals surface area (Å²) in [5, 5.41) is 7.59. The molecule has 0 radical (unpaired) electrons. The van der Waals surface area contributed by atoms with Gasteiger partial charge in [0.05, 0.1) is 11.9 Å². The maximum Gasteiger partial charge on any atom is 0.368 e. The standard InChI is InChI=1S/C18H18FN7O2/c1-12-4-3-5-15(26-18(27)25(2)23-24-26)14(12)11-28-16(20)8-9-21-17-7-6-13(19)10-22-17/h3-10H,11,20H2,1-2H3. The van der Waals surface area contributed by atoms with Crippen molar-refractivity contribution in [2.24, 2.45) is 17.8 Å². The van der Waals surface area contributed by atoms with E-state index >= 15 is 0 Å². The van der Waals surface area contributed by atoms with E-state index in [-0.39, 0.29) is 18.2 Å². The van der Waals surface area contributed by atoms with Gasteiger partial charge in [-0.3, -0.25) is 0 Å². The summed E-state index contributed by atoms with van der Waals surface area (Å²) in [7, 11) is 1.52. The average molecular weight is 383 g/mol. The molecule has 0 aliphatic heterocycles. The highest BCUT2D eigenvalue weighted by atomic mass is 19.1. The minimum atomic E-state index is -0.436. The monoisotopic (exact) mass is 383 g/mol. The molecule has 3 rings (SSSR count). The molecule has 0 saturated carbocycles. The summed E-state index contributed by atoms with van der Waals surface area (Å²) in [6.07, 6.45) is 3.93. The maximum absolute atomic E-state index is 12.8. The van der Waals surface area contributed by atoms with Gasteiger partial charge in [0.25, 0.3) is 0 Å². The van der Waals surface area contributed by atoms with Crippen LogP contribution >= 0.6 is 0 Å². The van der Waals surface area contributed by atoms with Crippen LogP contribution in [0.5, 0.6) is 0 Å². The molecule has 28 heavy (non-hydrogen) atoms. The first-order valence-corrected chi connectivity index (χ1v) is 8.28. The molecule has 2 heterocycles. The summed E-state index contributed by atoms with van der Waals surface area (Å²) in [5.74, 6) is 0.0220. The Morgan fingerprint density at radius 3 is 2.82 bits per heavy atom. The van der Waals surface area contributed by atoms with Crippen molar-refractivity contribution in [3.63, 3.8) is 0 Å². The number of allylic oxidation sites excluding steroid dienone is 1. The van der Waals surface area contributed by atoms with Gasteiger partial charge in [0, 0.05) is 24.9 Å². The van der Waals surface area contributed by atoms with Gasteiger partial charge in [-0.05, 0) is 41.1 Å². The molecule has 0 spiro atoms. The van der Waals surface area contributed by atoms with Crippen molar-refractivity contribution in [2.45, 2.75) is 13.5 Å². The highest BCUT2D eigenvalue weighted by Gasteiger charge is 2.13. The number of benzene rings is 1. The van der Waals surface area contributed by atoms with Crippen molar-refractivity contribution in [3.05, 3.63) is 75.9 Å². The fourth-order valence-corrected chi connectivity index (χ4v) is 2.37. The minimum absolute atomic E-state index is 0.117. The van der Waals surface area contributed by atoms with E-state index in [1.165, 1.54) is 36.2 Å². The molecule has 2 N–H and O–H groups in total. The van der Waals surface area contributed by atoms with Gasteiger partial charge in [0.15, 0.2) is 11.7 Å². The van der Waals surface area contributed by atoms with Crippen LogP contribution in [-0.2, 0) is 18.4 Å². The van der Waals surface area contributed by atoms with Crippen molar-refractivity contribution < 1.29 is 9.13 Å². The first-order chi connectivity index (χ1) is 13.5. The van der Waals surface area contributed by atoms with Crippen molar-refractivity contribution in [1.82, 2.24) is 24.8 Å². The summed E-state index contributed by atoms with van der Waals surface area (Å²) in [6.45, 7) is 2.02. The first kappa shape index (κ1) is 19.0. The third-order valence-electron chi connectivity index (χ3n) is 3.88. The summed E-state index contributed by atoms with van der Waals surface area (Å²) in [5.41, 5.74) is 7.71. The number of hydrogen-bond donors (Lipinski definition) is 1. The van der Waals surface area contributed by atoms with Crippen molar-refractivity contribution >= 4 is 12.0 Å². The molecule has 0 saturated heterocycles. The molecule has 0 fully saturated rings. The third-order valence-corrected chi connectivity index (χ3v) is 3.88. The smallest absolute Gasteiger partial charge is 0.368 e. The molecule has 10 heteroatoms. The van der Waals surface area contributed by atoms with Crippen LogP contribution in [0.3, 0.4) is 0 Å². The molecule has 0 atom stereocenters. The second-order valence-corrected chi connectivity index (χ2v) is 5.84. The van der Waals surface area contributed by atoms with Gasteiger partial charge >= 0.3 is 5.69 Å². The van der Waals surface area contributed by atoms with Crippen LogP contribution in [0.2, 0.25) is 0 Å². The number of aryl methyl sites for hydroxylation is 2. The van der Waals surface area contributed by atoms with E-state index in [4.69, 9.17) is 10.5 Å². The lowest BCUT2D eigenvalue weighted by Crippen LogP contribution is -2.23. The summed E-state index contributed by atoms with van der Waals surface area (Å²) >= 11 is 0. The van der Waals surface area contributed by atoms with Gasteiger partial charge in [-0.2, -0.15) is 9.36 Å². The molecule has 0 amide bonds.